The molecule has 1 aromatic carbocycles. The van der Waals surface area contributed by atoms with Gasteiger partial charge in [-0.1, -0.05) is 12.1 Å². The molecule has 0 saturated carbocycles. The molecular formula is C10H8N4. The number of aromatic amines is 1. The molecule has 2 heterocycles. The van der Waals surface area contributed by atoms with Crippen LogP contribution >= 0.6 is 0 Å². The van der Waals surface area contributed by atoms with E-state index < -0.39 is 0 Å². The summed E-state index contributed by atoms with van der Waals surface area (Å²) in [5.41, 5.74) is 1.04. The molecule has 3 aromatic rings. The topological polar surface area (TPSA) is 46.5 Å². The number of imidazole rings is 1. The maximum absolute atomic E-state index is 4.24. The number of hydrogen-bond acceptors (Lipinski definition) is 2. The van der Waals surface area contributed by atoms with E-state index in [0.29, 0.717) is 0 Å². The lowest BCUT2D eigenvalue weighted by Gasteiger charge is -1.95. The largest absolute Gasteiger partial charge is 0.289 e. The molecule has 0 aliphatic heterocycles. The Hall–Kier alpha value is -2.10. The predicted octanol–water partition coefficient (Wildman–Crippen LogP) is 1.75. The van der Waals surface area contributed by atoms with Crippen LogP contribution in [-0.4, -0.2) is 19.7 Å². The van der Waals surface area contributed by atoms with Crippen molar-refractivity contribution in [3.63, 3.8) is 0 Å². The van der Waals surface area contributed by atoms with E-state index in [-0.39, 0.29) is 0 Å². The fourth-order valence-corrected chi connectivity index (χ4v) is 1.53. The van der Waals surface area contributed by atoms with Crippen molar-refractivity contribution in [1.82, 2.24) is 19.7 Å². The summed E-state index contributed by atoms with van der Waals surface area (Å²) in [6, 6.07) is 8.02. The molecule has 0 aliphatic rings. The van der Waals surface area contributed by atoms with Crippen LogP contribution in [0.15, 0.2) is 43.0 Å². The molecule has 0 radical (unpaired) electrons. The van der Waals surface area contributed by atoms with Crippen molar-refractivity contribution in [3.8, 4) is 5.82 Å². The fourth-order valence-electron chi connectivity index (χ4n) is 1.53. The van der Waals surface area contributed by atoms with Crippen molar-refractivity contribution in [2.45, 2.75) is 0 Å². The minimum atomic E-state index is 0.887. The van der Waals surface area contributed by atoms with E-state index in [1.165, 1.54) is 0 Å². The van der Waals surface area contributed by atoms with Crippen molar-refractivity contribution in [2.75, 3.05) is 0 Å². The molecule has 0 saturated heterocycles. The highest BCUT2D eigenvalue weighted by atomic mass is 15.2. The number of para-hydroxylation sites is 1. The molecule has 14 heavy (non-hydrogen) atoms. The molecule has 3 rings (SSSR count). The average molecular weight is 184 g/mol. The zero-order valence-corrected chi connectivity index (χ0v) is 7.38. The van der Waals surface area contributed by atoms with Crippen LogP contribution in [0, 0.1) is 0 Å². The van der Waals surface area contributed by atoms with Gasteiger partial charge in [0.2, 0.25) is 0 Å². The third-order valence-electron chi connectivity index (χ3n) is 2.20. The Balaban J connectivity index is 2.33. The van der Waals surface area contributed by atoms with Gasteiger partial charge in [0, 0.05) is 17.8 Å². The van der Waals surface area contributed by atoms with Crippen LogP contribution in [-0.2, 0) is 0 Å². The quantitative estimate of drug-likeness (QED) is 0.626. The molecule has 0 aliphatic carbocycles. The van der Waals surface area contributed by atoms with Crippen LogP contribution in [0.3, 0.4) is 0 Å². The van der Waals surface area contributed by atoms with E-state index in [9.17, 15) is 0 Å². The lowest BCUT2D eigenvalue weighted by atomic mass is 10.2. The minimum Gasteiger partial charge on any atom is -0.289 e. The SMILES string of the molecule is c1ccc2c(-n3ccnc3)n[nH]c2c1. The van der Waals surface area contributed by atoms with Crippen LogP contribution in [0.25, 0.3) is 16.7 Å². The molecule has 0 unspecified atom stereocenters. The summed E-state index contributed by atoms with van der Waals surface area (Å²) in [5.74, 6) is 0.887. The van der Waals surface area contributed by atoms with Gasteiger partial charge < -0.3 is 0 Å². The Morgan fingerprint density at radius 3 is 3.00 bits per heavy atom. The Morgan fingerprint density at radius 1 is 1.21 bits per heavy atom. The number of aromatic nitrogens is 4. The molecule has 68 valence electrons. The smallest absolute Gasteiger partial charge is 0.167 e. The third kappa shape index (κ3) is 0.939. The van der Waals surface area contributed by atoms with Crippen molar-refractivity contribution < 1.29 is 0 Å². The van der Waals surface area contributed by atoms with Crippen molar-refractivity contribution >= 4 is 10.9 Å². The summed E-state index contributed by atoms with van der Waals surface area (Å²) < 4.78 is 1.89. The van der Waals surface area contributed by atoms with Crippen molar-refractivity contribution in [1.29, 1.82) is 0 Å². The van der Waals surface area contributed by atoms with Gasteiger partial charge in [-0.05, 0) is 12.1 Å². The number of nitrogens with one attached hydrogen (secondary N) is 1. The molecule has 0 fully saturated rings. The first-order valence-electron chi connectivity index (χ1n) is 4.36. The summed E-state index contributed by atoms with van der Waals surface area (Å²) in [6.45, 7) is 0. The summed E-state index contributed by atoms with van der Waals surface area (Å²) in [4.78, 5) is 3.99. The first-order valence-corrected chi connectivity index (χ1v) is 4.36. The summed E-state index contributed by atoms with van der Waals surface area (Å²) in [6.07, 6.45) is 5.36. The number of rotatable bonds is 1. The summed E-state index contributed by atoms with van der Waals surface area (Å²) in [7, 11) is 0. The van der Waals surface area contributed by atoms with Gasteiger partial charge in [0.1, 0.15) is 6.33 Å². The average Bonchev–Trinajstić information content (AvgIpc) is 2.85. The molecule has 4 nitrogen and oxygen atoms in total. The van der Waals surface area contributed by atoms with Crippen LogP contribution in [0.4, 0.5) is 0 Å². The van der Waals surface area contributed by atoms with Gasteiger partial charge in [-0.2, -0.15) is 5.10 Å². The predicted molar refractivity (Wildman–Crippen MR) is 53.2 cm³/mol. The van der Waals surface area contributed by atoms with E-state index in [2.05, 4.69) is 15.2 Å². The molecule has 2 aromatic heterocycles. The highest BCUT2D eigenvalue weighted by Gasteiger charge is 2.04. The van der Waals surface area contributed by atoms with Gasteiger partial charge in [-0.3, -0.25) is 9.67 Å². The van der Waals surface area contributed by atoms with Crippen LogP contribution < -0.4 is 0 Å². The van der Waals surface area contributed by atoms with E-state index in [1.54, 1.807) is 12.5 Å². The number of fused-ring (bicyclic) bond motifs is 1. The third-order valence-corrected chi connectivity index (χ3v) is 2.20. The van der Waals surface area contributed by atoms with E-state index in [0.717, 1.165) is 16.7 Å². The van der Waals surface area contributed by atoms with Gasteiger partial charge in [0.15, 0.2) is 5.82 Å². The molecule has 0 amide bonds. The van der Waals surface area contributed by atoms with Crippen molar-refractivity contribution in [3.05, 3.63) is 43.0 Å². The molecule has 0 spiro atoms. The second kappa shape index (κ2) is 2.70. The maximum atomic E-state index is 4.24. The lowest BCUT2D eigenvalue weighted by molar-refractivity contribution is 0.966. The fraction of sp³-hybridized carbons (Fsp3) is 0. The number of nitrogens with zero attached hydrogens (tertiary/aromatic N) is 3. The van der Waals surface area contributed by atoms with Crippen LogP contribution in [0.5, 0.6) is 0 Å². The normalized spacial score (nSPS) is 10.9. The number of H-pyrrole nitrogens is 1. The zero-order valence-electron chi connectivity index (χ0n) is 7.38. The van der Waals surface area contributed by atoms with Gasteiger partial charge >= 0.3 is 0 Å². The number of hydrogen-bond donors (Lipinski definition) is 1. The molecular weight excluding hydrogens is 176 g/mol. The Morgan fingerprint density at radius 2 is 2.14 bits per heavy atom. The standard InChI is InChI=1S/C10H8N4/c1-2-4-9-8(3-1)10(13-12-9)14-6-5-11-7-14/h1-7H,(H,12,13). The Kier molecular flexibility index (Phi) is 1.41. The molecule has 0 bridgehead atoms. The second-order valence-electron chi connectivity index (χ2n) is 3.06. The lowest BCUT2D eigenvalue weighted by Crippen LogP contribution is -1.90. The molecule has 0 atom stereocenters. The number of benzene rings is 1. The molecule has 4 heteroatoms. The van der Waals surface area contributed by atoms with E-state index in [1.807, 2.05) is 35.0 Å². The first kappa shape index (κ1) is 7.32. The van der Waals surface area contributed by atoms with E-state index >= 15 is 0 Å². The van der Waals surface area contributed by atoms with Gasteiger partial charge in [-0.25, -0.2) is 4.98 Å². The molecule has 1 N–H and O–H groups in total. The zero-order chi connectivity index (χ0) is 9.38. The highest BCUT2D eigenvalue weighted by Crippen LogP contribution is 2.17. The van der Waals surface area contributed by atoms with Crippen LogP contribution in [0.2, 0.25) is 0 Å². The van der Waals surface area contributed by atoms with Gasteiger partial charge in [-0.15, -0.1) is 0 Å². The van der Waals surface area contributed by atoms with Crippen LogP contribution in [0.1, 0.15) is 0 Å². The minimum absolute atomic E-state index is 0.887. The van der Waals surface area contributed by atoms with Gasteiger partial charge in [0.25, 0.3) is 0 Å². The van der Waals surface area contributed by atoms with Gasteiger partial charge in [0.05, 0.1) is 5.52 Å². The Bertz CT molecular complexity index is 550. The monoisotopic (exact) mass is 184 g/mol. The Labute approximate surface area is 80.2 Å². The highest BCUT2D eigenvalue weighted by molar-refractivity contribution is 5.85. The summed E-state index contributed by atoms with van der Waals surface area (Å²) >= 11 is 0. The maximum Gasteiger partial charge on any atom is 0.167 e. The summed E-state index contributed by atoms with van der Waals surface area (Å²) in [5, 5.41) is 8.32. The second-order valence-corrected chi connectivity index (χ2v) is 3.06. The van der Waals surface area contributed by atoms with Crippen molar-refractivity contribution in [2.24, 2.45) is 0 Å². The van der Waals surface area contributed by atoms with E-state index in [4.69, 9.17) is 0 Å². The first-order chi connectivity index (χ1) is 6.95.